The number of hydrogen-bond donors (Lipinski definition) is 1. The minimum absolute atomic E-state index is 0.117. The number of carbonyl (C=O) groups excluding carboxylic acids is 1. The molecule has 3 rings (SSSR count). The topological polar surface area (TPSA) is 88.6 Å². The third-order valence-electron chi connectivity index (χ3n) is 4.27. The van der Waals surface area contributed by atoms with E-state index in [1.165, 1.54) is 22.5 Å². The van der Waals surface area contributed by atoms with Crippen LogP contribution in [-0.2, 0) is 21.2 Å². The molecule has 1 fully saturated rings. The second-order valence-electron chi connectivity index (χ2n) is 6.01. The van der Waals surface area contributed by atoms with Crippen molar-refractivity contribution in [3.05, 3.63) is 53.5 Å². The highest BCUT2D eigenvalue weighted by molar-refractivity contribution is 7.89. The van der Waals surface area contributed by atoms with Crippen molar-refractivity contribution in [3.8, 4) is 0 Å². The van der Waals surface area contributed by atoms with Gasteiger partial charge in [0.25, 0.3) is 5.91 Å². The first kappa shape index (κ1) is 19.4. The van der Waals surface area contributed by atoms with E-state index < -0.39 is 21.7 Å². The van der Waals surface area contributed by atoms with Crippen LogP contribution in [-0.4, -0.2) is 49.9 Å². The number of amides is 1. The molecule has 1 aliphatic heterocycles. The van der Waals surface area contributed by atoms with Crippen LogP contribution in [0, 0.1) is 5.82 Å². The molecule has 27 heavy (non-hydrogen) atoms. The second-order valence-corrected chi connectivity index (χ2v) is 7.91. The SMILES string of the molecule is CCc1ccc(C(=O)Nc2ccc(F)cn2)cc1S(=O)(=O)N1CCOCC1. The van der Waals surface area contributed by atoms with E-state index in [0.717, 1.165) is 6.20 Å². The van der Waals surface area contributed by atoms with Crippen LogP contribution < -0.4 is 5.32 Å². The molecular formula is C18H20FN3O4S. The standard InChI is InChI=1S/C18H20FN3O4S/c1-2-13-3-4-14(18(23)21-17-6-5-15(19)12-20-17)11-16(13)27(24,25)22-7-9-26-10-8-22/h3-6,11-12H,2,7-10H2,1H3,(H,20,21,23). The highest BCUT2D eigenvalue weighted by atomic mass is 32.2. The van der Waals surface area contributed by atoms with Crippen LogP contribution in [0.3, 0.4) is 0 Å². The Bertz CT molecular complexity index is 926. The Balaban J connectivity index is 1.90. The van der Waals surface area contributed by atoms with Crippen molar-refractivity contribution in [2.24, 2.45) is 0 Å². The summed E-state index contributed by atoms with van der Waals surface area (Å²) in [6.45, 7) is 3.10. The third kappa shape index (κ3) is 4.32. The summed E-state index contributed by atoms with van der Waals surface area (Å²) in [5.74, 6) is -0.854. The highest BCUT2D eigenvalue weighted by Gasteiger charge is 2.29. The fourth-order valence-corrected chi connectivity index (χ4v) is 4.52. The number of nitrogens with zero attached hydrogens (tertiary/aromatic N) is 2. The summed E-state index contributed by atoms with van der Waals surface area (Å²) in [5.41, 5.74) is 0.822. The second kappa shape index (κ2) is 8.12. The highest BCUT2D eigenvalue weighted by Crippen LogP contribution is 2.24. The smallest absolute Gasteiger partial charge is 0.256 e. The van der Waals surface area contributed by atoms with E-state index in [1.54, 1.807) is 12.1 Å². The van der Waals surface area contributed by atoms with Crippen molar-refractivity contribution in [1.82, 2.24) is 9.29 Å². The van der Waals surface area contributed by atoms with Gasteiger partial charge in [0, 0.05) is 18.7 Å². The van der Waals surface area contributed by atoms with Crippen molar-refractivity contribution < 1.29 is 22.3 Å². The zero-order valence-corrected chi connectivity index (χ0v) is 15.6. The molecule has 0 unspecified atom stereocenters. The van der Waals surface area contributed by atoms with Crippen LogP contribution in [0.15, 0.2) is 41.4 Å². The number of aryl methyl sites for hydroxylation is 1. The first-order valence-corrected chi connectivity index (χ1v) is 9.99. The van der Waals surface area contributed by atoms with Gasteiger partial charge < -0.3 is 10.1 Å². The van der Waals surface area contributed by atoms with Gasteiger partial charge in [-0.15, -0.1) is 0 Å². The van der Waals surface area contributed by atoms with Crippen LogP contribution in [0.25, 0.3) is 0 Å². The number of pyridine rings is 1. The number of hydrogen-bond acceptors (Lipinski definition) is 5. The number of aromatic nitrogens is 1. The Morgan fingerprint density at radius 1 is 1.26 bits per heavy atom. The molecule has 1 N–H and O–H groups in total. The first-order valence-electron chi connectivity index (χ1n) is 8.55. The molecule has 7 nitrogen and oxygen atoms in total. The lowest BCUT2D eigenvalue weighted by atomic mass is 10.1. The number of sulfonamides is 1. The zero-order chi connectivity index (χ0) is 19.4. The summed E-state index contributed by atoms with van der Waals surface area (Å²) < 4.78 is 45.6. The lowest BCUT2D eigenvalue weighted by molar-refractivity contribution is 0.0730. The van der Waals surface area contributed by atoms with Gasteiger partial charge in [0.05, 0.1) is 24.3 Å². The molecule has 0 spiro atoms. The molecule has 1 saturated heterocycles. The van der Waals surface area contributed by atoms with Crippen molar-refractivity contribution in [1.29, 1.82) is 0 Å². The predicted octanol–water partition coefficient (Wildman–Crippen LogP) is 2.06. The maximum Gasteiger partial charge on any atom is 0.256 e. The van der Waals surface area contributed by atoms with E-state index in [9.17, 15) is 17.6 Å². The van der Waals surface area contributed by atoms with Gasteiger partial charge in [0.2, 0.25) is 10.0 Å². The van der Waals surface area contributed by atoms with Gasteiger partial charge in [0.1, 0.15) is 11.6 Å². The quantitative estimate of drug-likeness (QED) is 0.840. The molecule has 1 aromatic carbocycles. The molecule has 2 heterocycles. The minimum Gasteiger partial charge on any atom is -0.379 e. The number of ether oxygens (including phenoxy) is 1. The average Bonchev–Trinajstić information content (AvgIpc) is 2.69. The van der Waals surface area contributed by atoms with Gasteiger partial charge in [-0.1, -0.05) is 13.0 Å². The number of anilines is 1. The normalized spacial score (nSPS) is 15.5. The van der Waals surface area contributed by atoms with Gasteiger partial charge in [-0.2, -0.15) is 4.31 Å². The molecule has 1 aliphatic rings. The third-order valence-corrected chi connectivity index (χ3v) is 6.25. The van der Waals surface area contributed by atoms with Crippen LogP contribution in [0.1, 0.15) is 22.8 Å². The summed E-state index contributed by atoms with van der Waals surface area (Å²) >= 11 is 0. The Kier molecular flexibility index (Phi) is 5.83. The summed E-state index contributed by atoms with van der Waals surface area (Å²) in [4.78, 5) is 16.4. The van der Waals surface area contributed by atoms with Crippen LogP contribution >= 0.6 is 0 Å². The summed E-state index contributed by atoms with van der Waals surface area (Å²) in [7, 11) is -3.73. The number of nitrogens with one attached hydrogen (secondary N) is 1. The summed E-state index contributed by atoms with van der Waals surface area (Å²) in [6.07, 6.45) is 1.50. The van der Waals surface area contributed by atoms with Gasteiger partial charge in [-0.3, -0.25) is 4.79 Å². The van der Waals surface area contributed by atoms with Crippen molar-refractivity contribution in [2.45, 2.75) is 18.2 Å². The van der Waals surface area contributed by atoms with E-state index >= 15 is 0 Å². The van der Waals surface area contributed by atoms with Crippen molar-refractivity contribution in [3.63, 3.8) is 0 Å². The Labute approximate surface area is 157 Å². The number of carbonyl (C=O) groups is 1. The fourth-order valence-electron chi connectivity index (χ4n) is 2.79. The number of halogens is 1. The molecule has 0 radical (unpaired) electrons. The monoisotopic (exact) mass is 393 g/mol. The van der Waals surface area contributed by atoms with Gasteiger partial charge >= 0.3 is 0 Å². The largest absolute Gasteiger partial charge is 0.379 e. The fraction of sp³-hybridized carbons (Fsp3) is 0.333. The van der Waals surface area contributed by atoms with Gasteiger partial charge in [-0.25, -0.2) is 17.8 Å². The number of benzene rings is 1. The number of rotatable bonds is 5. The molecule has 0 bridgehead atoms. The molecule has 9 heteroatoms. The molecule has 0 atom stereocenters. The molecular weight excluding hydrogens is 373 g/mol. The Morgan fingerprint density at radius 2 is 2.00 bits per heavy atom. The van der Waals surface area contributed by atoms with E-state index in [-0.39, 0.29) is 29.4 Å². The van der Waals surface area contributed by atoms with E-state index in [4.69, 9.17) is 4.74 Å². The summed E-state index contributed by atoms with van der Waals surface area (Å²) in [5, 5.41) is 2.54. The lowest BCUT2D eigenvalue weighted by Gasteiger charge is -2.27. The number of morpholine rings is 1. The molecule has 0 saturated carbocycles. The molecule has 0 aliphatic carbocycles. The molecule has 1 aromatic heterocycles. The zero-order valence-electron chi connectivity index (χ0n) is 14.8. The van der Waals surface area contributed by atoms with Gasteiger partial charge in [-0.05, 0) is 36.2 Å². The molecule has 144 valence electrons. The van der Waals surface area contributed by atoms with E-state index in [1.807, 2.05) is 6.92 Å². The Morgan fingerprint density at radius 3 is 2.63 bits per heavy atom. The summed E-state index contributed by atoms with van der Waals surface area (Å²) in [6, 6.07) is 7.09. The lowest BCUT2D eigenvalue weighted by Crippen LogP contribution is -2.41. The van der Waals surface area contributed by atoms with Crippen molar-refractivity contribution >= 4 is 21.7 Å². The van der Waals surface area contributed by atoms with E-state index in [2.05, 4.69) is 10.3 Å². The minimum atomic E-state index is -3.73. The van der Waals surface area contributed by atoms with Gasteiger partial charge in [0.15, 0.2) is 0 Å². The maximum atomic E-state index is 13.0. The first-order chi connectivity index (χ1) is 12.9. The molecule has 2 aromatic rings. The molecule has 1 amide bonds. The van der Waals surface area contributed by atoms with Crippen LogP contribution in [0.4, 0.5) is 10.2 Å². The maximum absolute atomic E-state index is 13.0. The van der Waals surface area contributed by atoms with Crippen LogP contribution in [0.2, 0.25) is 0 Å². The predicted molar refractivity (Wildman–Crippen MR) is 97.5 cm³/mol. The van der Waals surface area contributed by atoms with Crippen molar-refractivity contribution in [2.75, 3.05) is 31.6 Å². The van der Waals surface area contributed by atoms with E-state index in [0.29, 0.717) is 25.2 Å². The Hall–Kier alpha value is -2.36. The average molecular weight is 393 g/mol. The van der Waals surface area contributed by atoms with Crippen LogP contribution in [0.5, 0.6) is 0 Å².